The van der Waals surface area contributed by atoms with E-state index in [2.05, 4.69) is 38.7 Å². The summed E-state index contributed by atoms with van der Waals surface area (Å²) in [5, 5.41) is 19.6. The van der Waals surface area contributed by atoms with Crippen LogP contribution in [0, 0.1) is 0 Å². The number of thiocarbonyl (C=S) groups is 1. The summed E-state index contributed by atoms with van der Waals surface area (Å²) in [5.74, 6) is -0.222. The lowest BCUT2D eigenvalue weighted by Crippen LogP contribution is -2.50. The summed E-state index contributed by atoms with van der Waals surface area (Å²) in [6.45, 7) is 7.39. The van der Waals surface area contributed by atoms with Gasteiger partial charge in [0.2, 0.25) is 0 Å². The molecule has 54 heavy (non-hydrogen) atoms. The number of likely N-dealkylation sites (N-methyl/N-ethyl adjacent to an activating group) is 2. The average Bonchev–Trinajstić information content (AvgIpc) is 3.48. The van der Waals surface area contributed by atoms with Gasteiger partial charge in [0.15, 0.2) is 6.04 Å². The average molecular weight is 785 g/mol. The van der Waals surface area contributed by atoms with Crippen LogP contribution in [0.2, 0.25) is 0 Å². The first-order chi connectivity index (χ1) is 25.9. The largest absolute Gasteiger partial charge is 0.471 e. The van der Waals surface area contributed by atoms with E-state index < -0.39 is 18.1 Å². The van der Waals surface area contributed by atoms with Gasteiger partial charge < -0.3 is 46.3 Å². The minimum Gasteiger partial charge on any atom is -0.471 e. The normalized spacial score (nSPS) is 14.0. The Morgan fingerprint density at radius 3 is 1.98 bits per heavy atom. The van der Waals surface area contributed by atoms with Crippen LogP contribution < -0.4 is 27.0 Å². The van der Waals surface area contributed by atoms with Gasteiger partial charge in [0, 0.05) is 19.9 Å². The van der Waals surface area contributed by atoms with Crippen molar-refractivity contribution in [2.24, 2.45) is 0 Å². The predicted octanol–water partition coefficient (Wildman–Crippen LogP) is 3.57. The topological polar surface area (TPSA) is 209 Å². The predicted molar refractivity (Wildman–Crippen MR) is 215 cm³/mol. The maximum absolute atomic E-state index is 11.6. The number of carbonyl (C=O) groups excluding carboxylic acids is 5. The second-order valence-electron chi connectivity index (χ2n) is 12.7. The number of hydrogen-bond acceptors (Lipinski definition) is 12. The fraction of sp³-hybridized carbons (Fsp3) is 0.692. The number of ketones is 3. The first kappa shape index (κ1) is 52.8. The number of cyclic esters (lactones) is 2. The number of benzene rings is 1. The summed E-state index contributed by atoms with van der Waals surface area (Å²) < 4.78 is 14.8. The van der Waals surface area contributed by atoms with E-state index in [4.69, 9.17) is 26.8 Å². The molecule has 0 saturated carbocycles. The number of aliphatic hydroxyl groups excluding tert-OH is 1. The van der Waals surface area contributed by atoms with Crippen LogP contribution in [-0.4, -0.2) is 105 Å². The SMILES string of the molecule is CCCCCCCOC(=S)NC.CN[C@@H](CCC(=O)CCCCCCC[NH3+])C(C)=O.CN[C@@H](CO)C(C)=O.O=C1N[C@@H](COCc2ccccc2)C(=O)O1. The zero-order valence-electron chi connectivity index (χ0n) is 33.7. The smallest absolute Gasteiger partial charge is 0.415 e. The molecule has 1 amide bonds. The number of nitrogens with one attached hydrogen (secondary N) is 4. The van der Waals surface area contributed by atoms with E-state index in [0.29, 0.717) is 31.0 Å². The minimum atomic E-state index is -0.710. The number of unbranched alkanes of at least 4 members (excludes halogenated alkanes) is 8. The molecule has 1 aromatic carbocycles. The molecule has 1 aliphatic rings. The number of esters is 1. The van der Waals surface area contributed by atoms with E-state index in [1.807, 2.05) is 30.3 Å². The third kappa shape index (κ3) is 31.1. The van der Waals surface area contributed by atoms with Crippen molar-refractivity contribution >= 4 is 46.8 Å². The maximum Gasteiger partial charge on any atom is 0.415 e. The Morgan fingerprint density at radius 1 is 0.889 bits per heavy atom. The molecule has 8 N–H and O–H groups in total. The number of alkyl carbamates (subject to hydrolysis) is 1. The number of carbonyl (C=O) groups is 5. The summed E-state index contributed by atoms with van der Waals surface area (Å²) >= 11 is 4.82. The lowest BCUT2D eigenvalue weighted by Gasteiger charge is -2.11. The highest BCUT2D eigenvalue weighted by Crippen LogP contribution is 2.09. The minimum absolute atomic E-state index is 0.0324. The summed E-state index contributed by atoms with van der Waals surface area (Å²) in [6, 6.07) is 8.35. The molecule has 1 aliphatic heterocycles. The van der Waals surface area contributed by atoms with Crippen LogP contribution in [0.5, 0.6) is 0 Å². The molecule has 14 nitrogen and oxygen atoms in total. The molecule has 1 fully saturated rings. The number of hydrogen-bond donors (Lipinski definition) is 6. The Hall–Kier alpha value is -3.34. The molecular weight excluding hydrogens is 715 g/mol. The van der Waals surface area contributed by atoms with Gasteiger partial charge in [-0.2, -0.15) is 0 Å². The van der Waals surface area contributed by atoms with Crippen LogP contribution in [0.3, 0.4) is 0 Å². The lowest BCUT2D eigenvalue weighted by atomic mass is 10.0. The molecule has 0 spiro atoms. The van der Waals surface area contributed by atoms with Crippen LogP contribution in [0.1, 0.15) is 110 Å². The van der Waals surface area contributed by atoms with Crippen molar-refractivity contribution in [1.82, 2.24) is 21.3 Å². The number of ether oxygens (including phenoxy) is 3. The van der Waals surface area contributed by atoms with E-state index in [0.717, 1.165) is 38.0 Å². The van der Waals surface area contributed by atoms with Gasteiger partial charge in [-0.05, 0) is 77.8 Å². The van der Waals surface area contributed by atoms with Crippen molar-refractivity contribution < 1.29 is 49.0 Å². The highest BCUT2D eigenvalue weighted by molar-refractivity contribution is 7.80. The molecule has 1 aromatic rings. The molecule has 310 valence electrons. The third-order valence-corrected chi connectivity index (χ3v) is 8.45. The number of Topliss-reactive ketones (excluding diaryl/α,β-unsaturated/α-hetero) is 3. The van der Waals surface area contributed by atoms with E-state index in [1.165, 1.54) is 51.9 Å². The van der Waals surface area contributed by atoms with Crippen LogP contribution in [0.25, 0.3) is 0 Å². The van der Waals surface area contributed by atoms with Crippen molar-refractivity contribution in [3.8, 4) is 0 Å². The zero-order chi connectivity index (χ0) is 41.0. The molecule has 3 atom stereocenters. The molecule has 15 heteroatoms. The number of rotatable bonds is 25. The van der Waals surface area contributed by atoms with Gasteiger partial charge in [-0.1, -0.05) is 75.8 Å². The Kier molecular flexibility index (Phi) is 35.8. The highest BCUT2D eigenvalue weighted by atomic mass is 32.1. The Morgan fingerprint density at radius 2 is 1.48 bits per heavy atom. The molecule has 0 aliphatic carbocycles. The summed E-state index contributed by atoms with van der Waals surface area (Å²) in [7, 11) is 5.18. The van der Waals surface area contributed by atoms with Gasteiger partial charge in [-0.15, -0.1) is 0 Å². The highest BCUT2D eigenvalue weighted by Gasteiger charge is 2.32. The van der Waals surface area contributed by atoms with Crippen LogP contribution in [0.4, 0.5) is 4.79 Å². The van der Waals surface area contributed by atoms with E-state index >= 15 is 0 Å². The molecule has 0 aromatic heterocycles. The van der Waals surface area contributed by atoms with Crippen LogP contribution in [-0.2, 0) is 40.0 Å². The van der Waals surface area contributed by atoms with Crippen molar-refractivity contribution in [1.29, 1.82) is 0 Å². The molecular formula is C39H70N5O9S+. The van der Waals surface area contributed by atoms with E-state index in [9.17, 15) is 24.0 Å². The van der Waals surface area contributed by atoms with Crippen molar-refractivity contribution in [2.75, 3.05) is 47.5 Å². The van der Waals surface area contributed by atoms with Gasteiger partial charge in [-0.3, -0.25) is 14.4 Å². The van der Waals surface area contributed by atoms with Crippen molar-refractivity contribution in [3.63, 3.8) is 0 Å². The number of quaternary nitrogens is 1. The fourth-order valence-electron chi connectivity index (χ4n) is 4.75. The summed E-state index contributed by atoms with van der Waals surface area (Å²) in [6.07, 6.45) is 13.1. The molecule has 0 unspecified atom stereocenters. The first-order valence-corrected chi connectivity index (χ1v) is 19.6. The molecule has 1 heterocycles. The van der Waals surface area contributed by atoms with Crippen molar-refractivity contribution in [2.45, 2.75) is 129 Å². The third-order valence-electron chi connectivity index (χ3n) is 8.13. The Labute approximate surface area is 328 Å². The first-order valence-electron chi connectivity index (χ1n) is 19.2. The van der Waals surface area contributed by atoms with Gasteiger partial charge in [0.25, 0.3) is 5.17 Å². The van der Waals surface area contributed by atoms with E-state index in [1.54, 1.807) is 28.1 Å². The number of aliphatic hydroxyl groups is 1. The fourth-order valence-corrected chi connectivity index (χ4v) is 4.83. The van der Waals surface area contributed by atoms with E-state index in [-0.39, 0.29) is 42.6 Å². The quantitative estimate of drug-likeness (QED) is 0.0363. The second-order valence-corrected chi connectivity index (χ2v) is 13.1. The van der Waals surface area contributed by atoms with Crippen LogP contribution in [0.15, 0.2) is 30.3 Å². The maximum atomic E-state index is 11.6. The van der Waals surface area contributed by atoms with Crippen LogP contribution >= 0.6 is 12.2 Å². The molecule has 1 saturated heterocycles. The molecule has 0 bridgehead atoms. The second kappa shape index (κ2) is 36.6. The Balaban J connectivity index is 0. The van der Waals surface area contributed by atoms with Gasteiger partial charge in [0.05, 0.1) is 45.1 Å². The van der Waals surface area contributed by atoms with Gasteiger partial charge >= 0.3 is 12.1 Å². The van der Waals surface area contributed by atoms with Crippen molar-refractivity contribution in [3.05, 3.63) is 35.9 Å². The summed E-state index contributed by atoms with van der Waals surface area (Å²) in [4.78, 5) is 54.9. The Bertz CT molecular complexity index is 1160. The van der Waals surface area contributed by atoms with Gasteiger partial charge in [-0.25, -0.2) is 9.59 Å². The lowest BCUT2D eigenvalue weighted by molar-refractivity contribution is -0.368. The molecule has 2 rings (SSSR count). The summed E-state index contributed by atoms with van der Waals surface area (Å²) in [5.41, 5.74) is 4.82. The molecule has 0 radical (unpaired) electrons. The van der Waals surface area contributed by atoms with Gasteiger partial charge in [0.1, 0.15) is 17.3 Å². The monoisotopic (exact) mass is 784 g/mol. The number of amides is 1. The zero-order valence-corrected chi connectivity index (χ0v) is 34.5. The standard InChI is InChI=1S/C14H28N2O2.C11H11NO4.C9H19NOS.C5H11NO2/c1-12(17)14(16-2)10-9-13(18)8-6-4-3-5-7-11-15;13-10-9(12-11(14)16-10)7-15-6-8-4-2-1-3-5-8;1-3-4-5-6-7-8-11-9(12)10-2;1-4(8)5(3-7)6-2/h14,16H,3-11,15H2,1-2H3;1-5,9H,6-7H2,(H,12,14);3-8H2,1-2H3,(H,10,12);5-7H,3H2,1-2H3/p+1/t14-;9-;;5-/m00.0/s1.